The van der Waals surface area contributed by atoms with Gasteiger partial charge >= 0.3 is 5.97 Å². The van der Waals surface area contributed by atoms with Gasteiger partial charge in [0.2, 0.25) is 0 Å². The van der Waals surface area contributed by atoms with E-state index in [1.165, 1.54) is 38.5 Å². The lowest BCUT2D eigenvalue weighted by molar-refractivity contribution is -0.142. The molecule has 1 aromatic rings. The molecule has 0 spiro atoms. The van der Waals surface area contributed by atoms with Crippen LogP contribution in [0.1, 0.15) is 88.9 Å². The Bertz CT molecular complexity index is 890. The molecule has 0 amide bonds. The lowest BCUT2D eigenvalue weighted by atomic mass is 9.43. The number of ether oxygens (including phenoxy) is 1. The van der Waals surface area contributed by atoms with Gasteiger partial charge in [0, 0.05) is 0 Å². The van der Waals surface area contributed by atoms with Crippen LogP contribution in [0.5, 0.6) is 0 Å². The Morgan fingerprint density at radius 3 is 2.53 bits per heavy atom. The van der Waals surface area contributed by atoms with Gasteiger partial charge in [-0.15, -0.1) is 0 Å². The zero-order chi connectivity index (χ0) is 22.5. The van der Waals surface area contributed by atoms with Crippen molar-refractivity contribution in [2.75, 3.05) is 0 Å². The molecule has 4 aliphatic rings. The van der Waals surface area contributed by atoms with Gasteiger partial charge in [-0.05, 0) is 110 Å². The normalized spacial score (nSPS) is 45.1. The quantitative estimate of drug-likeness (QED) is 0.481. The van der Waals surface area contributed by atoms with Crippen LogP contribution in [-0.2, 0) is 4.74 Å². The molecular weight excluding hydrogens is 394 g/mol. The minimum Gasteiger partial charge on any atom is -0.458 e. The van der Waals surface area contributed by atoms with E-state index in [4.69, 9.17) is 4.74 Å². The van der Waals surface area contributed by atoms with Crippen molar-refractivity contribution in [2.24, 2.45) is 46.3 Å². The fraction of sp³-hybridized carbons (Fsp3) is 0.724. The fourth-order valence-electron chi connectivity index (χ4n) is 8.95. The van der Waals surface area contributed by atoms with Crippen molar-refractivity contribution in [1.82, 2.24) is 0 Å². The van der Waals surface area contributed by atoms with Crippen LogP contribution in [0.15, 0.2) is 30.3 Å². The van der Waals surface area contributed by atoms with E-state index in [0.29, 0.717) is 22.8 Å². The minimum atomic E-state index is -0.159. The molecule has 9 atom stereocenters. The molecule has 0 saturated heterocycles. The SMILES string of the molecule is CCC1CC2(C)C(CCC3C4CCC(C#N)C4(C)CCC32)CC1OC(=O)c1ccccc1. The molecular formula is C29H39NO2. The summed E-state index contributed by atoms with van der Waals surface area (Å²) in [5, 5.41) is 9.76. The van der Waals surface area contributed by atoms with Crippen molar-refractivity contribution >= 4 is 5.97 Å². The molecule has 32 heavy (non-hydrogen) atoms. The Kier molecular flexibility index (Phi) is 5.63. The first-order valence-electron chi connectivity index (χ1n) is 13.1. The van der Waals surface area contributed by atoms with E-state index in [-0.39, 0.29) is 23.4 Å². The van der Waals surface area contributed by atoms with Gasteiger partial charge in [0.1, 0.15) is 6.10 Å². The standard InChI is InChI=1S/C29H39NO2/c1-4-19-17-29(3)21(16-26(19)32-27(31)20-8-6-5-7-9-20)10-12-23-24-13-11-22(18-30)28(24,2)15-14-25(23)29/h5-9,19,21-26H,4,10-17H2,1-3H3. The average Bonchev–Trinajstić information content (AvgIpc) is 3.15. The van der Waals surface area contributed by atoms with Gasteiger partial charge in [-0.25, -0.2) is 4.79 Å². The van der Waals surface area contributed by atoms with E-state index in [9.17, 15) is 10.1 Å². The van der Waals surface area contributed by atoms with E-state index in [1.54, 1.807) is 0 Å². The molecule has 3 nitrogen and oxygen atoms in total. The Labute approximate surface area is 193 Å². The number of benzene rings is 1. The number of nitrogens with zero attached hydrogens (tertiary/aromatic N) is 1. The smallest absolute Gasteiger partial charge is 0.338 e. The highest BCUT2D eigenvalue weighted by Gasteiger charge is 2.61. The van der Waals surface area contributed by atoms with Crippen LogP contribution in [0.25, 0.3) is 0 Å². The minimum absolute atomic E-state index is 0.0469. The lowest BCUT2D eigenvalue weighted by Gasteiger charge is -2.62. The van der Waals surface area contributed by atoms with E-state index in [1.807, 2.05) is 30.3 Å². The second-order valence-electron chi connectivity index (χ2n) is 11.9. The summed E-state index contributed by atoms with van der Waals surface area (Å²) in [6.45, 7) is 7.27. The van der Waals surface area contributed by atoms with Crippen molar-refractivity contribution in [3.63, 3.8) is 0 Å². The van der Waals surface area contributed by atoms with Crippen LogP contribution < -0.4 is 0 Å². The zero-order valence-electron chi connectivity index (χ0n) is 20.1. The van der Waals surface area contributed by atoms with Crippen molar-refractivity contribution < 1.29 is 9.53 Å². The number of hydrogen-bond donors (Lipinski definition) is 0. The number of carbonyl (C=O) groups excluding carboxylic acids is 1. The Hall–Kier alpha value is -1.82. The van der Waals surface area contributed by atoms with Crippen molar-refractivity contribution in [1.29, 1.82) is 5.26 Å². The second kappa shape index (κ2) is 8.19. The third kappa shape index (κ3) is 3.32. The van der Waals surface area contributed by atoms with Gasteiger partial charge in [-0.2, -0.15) is 5.26 Å². The maximum absolute atomic E-state index is 12.8. The number of hydrogen-bond acceptors (Lipinski definition) is 3. The molecule has 3 heteroatoms. The fourth-order valence-corrected chi connectivity index (χ4v) is 8.95. The molecule has 4 aliphatic carbocycles. The first-order valence-corrected chi connectivity index (χ1v) is 13.1. The summed E-state index contributed by atoms with van der Waals surface area (Å²) < 4.78 is 6.15. The highest BCUT2D eigenvalue weighted by Crippen LogP contribution is 2.68. The maximum Gasteiger partial charge on any atom is 0.338 e. The molecule has 0 bridgehead atoms. The Balaban J connectivity index is 1.35. The molecule has 172 valence electrons. The average molecular weight is 434 g/mol. The van der Waals surface area contributed by atoms with Crippen molar-refractivity contribution in [2.45, 2.75) is 84.7 Å². The molecule has 0 N–H and O–H groups in total. The first-order chi connectivity index (χ1) is 15.4. The van der Waals surface area contributed by atoms with Crippen LogP contribution in [0.3, 0.4) is 0 Å². The molecule has 0 aromatic heterocycles. The van der Waals surface area contributed by atoms with Gasteiger partial charge in [0.05, 0.1) is 17.6 Å². The summed E-state index contributed by atoms with van der Waals surface area (Å²) in [6.07, 6.45) is 10.8. The molecule has 4 fully saturated rings. The molecule has 0 aliphatic heterocycles. The number of fused-ring (bicyclic) bond motifs is 5. The predicted octanol–water partition coefficient (Wildman–Crippen LogP) is 7.03. The van der Waals surface area contributed by atoms with Gasteiger partial charge in [0.25, 0.3) is 0 Å². The third-order valence-electron chi connectivity index (χ3n) is 10.8. The highest BCUT2D eigenvalue weighted by atomic mass is 16.5. The summed E-state index contributed by atoms with van der Waals surface area (Å²) in [7, 11) is 0. The number of carbonyl (C=O) groups is 1. The monoisotopic (exact) mass is 433 g/mol. The van der Waals surface area contributed by atoms with Crippen LogP contribution in [0.2, 0.25) is 0 Å². The molecule has 5 rings (SSSR count). The molecule has 0 heterocycles. The van der Waals surface area contributed by atoms with Gasteiger partial charge in [0.15, 0.2) is 0 Å². The van der Waals surface area contributed by atoms with Crippen LogP contribution in [-0.4, -0.2) is 12.1 Å². The van der Waals surface area contributed by atoms with Crippen LogP contribution in [0.4, 0.5) is 0 Å². The molecule has 4 saturated carbocycles. The van der Waals surface area contributed by atoms with Gasteiger partial charge in [-0.1, -0.05) is 39.0 Å². The van der Waals surface area contributed by atoms with E-state index < -0.39 is 0 Å². The zero-order valence-corrected chi connectivity index (χ0v) is 20.1. The lowest BCUT2D eigenvalue weighted by Crippen LogP contribution is -2.55. The summed E-state index contributed by atoms with van der Waals surface area (Å²) in [5.41, 5.74) is 1.26. The van der Waals surface area contributed by atoms with Crippen molar-refractivity contribution in [3.8, 4) is 6.07 Å². The number of rotatable bonds is 3. The number of nitriles is 1. The molecule has 1 aromatic carbocycles. The molecule has 0 radical (unpaired) electrons. The molecule has 9 unspecified atom stereocenters. The summed E-state index contributed by atoms with van der Waals surface area (Å²) in [5.74, 6) is 3.50. The topological polar surface area (TPSA) is 50.1 Å². The maximum atomic E-state index is 12.8. The third-order valence-corrected chi connectivity index (χ3v) is 10.8. The summed E-state index contributed by atoms with van der Waals surface area (Å²) >= 11 is 0. The van der Waals surface area contributed by atoms with Gasteiger partial charge in [-0.3, -0.25) is 0 Å². The van der Waals surface area contributed by atoms with Crippen LogP contribution in [0, 0.1) is 57.7 Å². The Morgan fingerprint density at radius 1 is 1.06 bits per heavy atom. The summed E-state index contributed by atoms with van der Waals surface area (Å²) in [4.78, 5) is 12.8. The van der Waals surface area contributed by atoms with Gasteiger partial charge < -0.3 is 4.74 Å². The summed E-state index contributed by atoms with van der Waals surface area (Å²) in [6, 6.07) is 12.1. The van der Waals surface area contributed by atoms with E-state index in [0.717, 1.165) is 37.0 Å². The van der Waals surface area contributed by atoms with E-state index in [2.05, 4.69) is 26.8 Å². The second-order valence-corrected chi connectivity index (χ2v) is 11.9. The largest absolute Gasteiger partial charge is 0.458 e. The predicted molar refractivity (Wildman–Crippen MR) is 126 cm³/mol. The Morgan fingerprint density at radius 2 is 1.81 bits per heavy atom. The highest BCUT2D eigenvalue weighted by molar-refractivity contribution is 5.89. The van der Waals surface area contributed by atoms with E-state index >= 15 is 0 Å². The van der Waals surface area contributed by atoms with Crippen LogP contribution >= 0.6 is 0 Å². The van der Waals surface area contributed by atoms with Crippen molar-refractivity contribution in [3.05, 3.63) is 35.9 Å². The first kappa shape index (κ1) is 22.0. The number of esters is 1.